The molecule has 0 aliphatic carbocycles. The van der Waals surface area contributed by atoms with Crippen molar-refractivity contribution in [2.45, 2.75) is 57.3 Å². The summed E-state index contributed by atoms with van der Waals surface area (Å²) in [5.41, 5.74) is 0. The van der Waals surface area contributed by atoms with Gasteiger partial charge in [-0.1, -0.05) is 79.8 Å². The summed E-state index contributed by atoms with van der Waals surface area (Å²) in [7, 11) is 0. The number of aliphatic hydroxyl groups is 3. The minimum atomic E-state index is -0.992. The summed E-state index contributed by atoms with van der Waals surface area (Å²) >= 11 is 0. The number of rotatable bonds is 14. The van der Waals surface area contributed by atoms with Gasteiger partial charge in [0.2, 0.25) is 0 Å². The fourth-order valence-electron chi connectivity index (χ4n) is 1.94. The fraction of sp³-hybridized carbons (Fsp3) is 0.409. The number of allylic oxidation sites excluding steroid dienone is 8. The highest BCUT2D eigenvalue weighted by molar-refractivity contribution is 5.66. The van der Waals surface area contributed by atoms with Crippen molar-refractivity contribution in [1.29, 1.82) is 0 Å². The smallest absolute Gasteiger partial charge is 0.303 e. The highest BCUT2D eigenvalue weighted by atomic mass is 16.4. The van der Waals surface area contributed by atoms with Crippen LogP contribution in [0, 0.1) is 0 Å². The predicted octanol–water partition coefficient (Wildman–Crippen LogP) is 3.46. The van der Waals surface area contributed by atoms with Crippen molar-refractivity contribution in [3.63, 3.8) is 0 Å². The zero-order valence-electron chi connectivity index (χ0n) is 15.9. The SMILES string of the molecule is CC/C=C\C[C@H](O)/C=C/C=C\C=C\C=C\[C@@H](O)[C@@H](O)C/C=C\CCC(=O)O. The van der Waals surface area contributed by atoms with E-state index in [-0.39, 0.29) is 12.8 Å². The molecule has 0 aromatic heterocycles. The lowest BCUT2D eigenvalue weighted by Crippen LogP contribution is -2.22. The van der Waals surface area contributed by atoms with Crippen LogP contribution in [-0.4, -0.2) is 44.7 Å². The van der Waals surface area contributed by atoms with Gasteiger partial charge in [0.05, 0.1) is 18.3 Å². The fourth-order valence-corrected chi connectivity index (χ4v) is 1.94. The van der Waals surface area contributed by atoms with Crippen LogP contribution in [0.1, 0.15) is 39.0 Å². The Morgan fingerprint density at radius 3 is 2.04 bits per heavy atom. The number of hydrogen-bond acceptors (Lipinski definition) is 4. The van der Waals surface area contributed by atoms with Crippen molar-refractivity contribution in [1.82, 2.24) is 0 Å². The van der Waals surface area contributed by atoms with Crippen molar-refractivity contribution in [2.24, 2.45) is 0 Å². The molecule has 150 valence electrons. The van der Waals surface area contributed by atoms with Gasteiger partial charge in [-0.15, -0.1) is 0 Å². The van der Waals surface area contributed by atoms with E-state index in [1.54, 1.807) is 54.7 Å². The molecule has 0 radical (unpaired) electrons. The summed E-state index contributed by atoms with van der Waals surface area (Å²) in [5.74, 6) is -0.861. The second-order valence-electron chi connectivity index (χ2n) is 5.92. The van der Waals surface area contributed by atoms with E-state index in [0.717, 1.165) is 6.42 Å². The van der Waals surface area contributed by atoms with E-state index in [4.69, 9.17) is 5.11 Å². The summed E-state index contributed by atoms with van der Waals surface area (Å²) < 4.78 is 0. The molecule has 4 N–H and O–H groups in total. The average molecular weight is 376 g/mol. The average Bonchev–Trinajstić information content (AvgIpc) is 2.63. The van der Waals surface area contributed by atoms with Crippen LogP contribution in [0.15, 0.2) is 72.9 Å². The van der Waals surface area contributed by atoms with Crippen molar-refractivity contribution in [2.75, 3.05) is 0 Å². The van der Waals surface area contributed by atoms with Crippen LogP contribution in [0.2, 0.25) is 0 Å². The van der Waals surface area contributed by atoms with Crippen LogP contribution >= 0.6 is 0 Å². The molecule has 0 bridgehead atoms. The molecular formula is C22H32O5. The van der Waals surface area contributed by atoms with Gasteiger partial charge in [0.25, 0.3) is 0 Å². The van der Waals surface area contributed by atoms with Gasteiger partial charge < -0.3 is 20.4 Å². The molecule has 0 unspecified atom stereocenters. The molecule has 3 atom stereocenters. The topological polar surface area (TPSA) is 98.0 Å². The Kier molecular flexibility index (Phi) is 15.8. The molecule has 0 saturated carbocycles. The van der Waals surface area contributed by atoms with Crippen LogP contribution in [0.5, 0.6) is 0 Å². The molecule has 0 aromatic rings. The zero-order chi connectivity index (χ0) is 20.3. The second kappa shape index (κ2) is 17.2. The first kappa shape index (κ1) is 24.8. The lowest BCUT2D eigenvalue weighted by atomic mass is 10.1. The number of aliphatic hydroxyl groups excluding tert-OH is 3. The quantitative estimate of drug-likeness (QED) is 0.275. The van der Waals surface area contributed by atoms with Gasteiger partial charge in [0.1, 0.15) is 0 Å². The minimum absolute atomic E-state index is 0.0530. The Labute approximate surface area is 162 Å². The standard InChI is InChI=1S/C22H32O5/c1-2-3-9-14-19(23)15-10-6-4-5-7-11-16-20(24)21(25)17-12-8-13-18-22(26)27/h3-12,15-16,19-21,23-25H,2,13-14,17-18H2,1H3,(H,26,27)/b6-4-,7-5+,9-3-,12-8-,15-10+,16-11+/t19-,20+,21-/m0/s1. The molecule has 0 heterocycles. The van der Waals surface area contributed by atoms with Crippen molar-refractivity contribution in [3.05, 3.63) is 72.9 Å². The van der Waals surface area contributed by atoms with Crippen LogP contribution in [0.3, 0.4) is 0 Å². The van der Waals surface area contributed by atoms with E-state index in [1.165, 1.54) is 6.08 Å². The molecule has 0 aliphatic heterocycles. The molecule has 0 amide bonds. The molecule has 5 nitrogen and oxygen atoms in total. The van der Waals surface area contributed by atoms with Gasteiger partial charge >= 0.3 is 5.97 Å². The van der Waals surface area contributed by atoms with Crippen LogP contribution in [0.4, 0.5) is 0 Å². The van der Waals surface area contributed by atoms with Gasteiger partial charge in [-0.25, -0.2) is 0 Å². The van der Waals surface area contributed by atoms with Gasteiger partial charge in [-0.3, -0.25) is 4.79 Å². The van der Waals surface area contributed by atoms with Crippen molar-refractivity contribution in [3.8, 4) is 0 Å². The third-order valence-electron chi connectivity index (χ3n) is 3.44. The number of carboxylic acid groups (broad SMARTS) is 1. The normalized spacial score (nSPS) is 16.6. The summed E-state index contributed by atoms with van der Waals surface area (Å²) in [6.45, 7) is 2.05. The van der Waals surface area contributed by atoms with E-state index < -0.39 is 24.3 Å². The number of carboxylic acids is 1. The largest absolute Gasteiger partial charge is 0.481 e. The maximum Gasteiger partial charge on any atom is 0.303 e. The van der Waals surface area contributed by atoms with Crippen LogP contribution < -0.4 is 0 Å². The molecule has 0 saturated heterocycles. The molecular weight excluding hydrogens is 344 g/mol. The maximum atomic E-state index is 10.4. The molecule has 0 spiro atoms. The summed E-state index contributed by atoms with van der Waals surface area (Å²) in [5, 5.41) is 37.7. The van der Waals surface area contributed by atoms with Crippen molar-refractivity contribution < 1.29 is 25.2 Å². The lowest BCUT2D eigenvalue weighted by molar-refractivity contribution is -0.136. The van der Waals surface area contributed by atoms with E-state index in [2.05, 4.69) is 0 Å². The molecule has 0 aliphatic rings. The Morgan fingerprint density at radius 2 is 1.41 bits per heavy atom. The zero-order valence-corrected chi connectivity index (χ0v) is 15.9. The first-order valence-electron chi connectivity index (χ1n) is 9.21. The summed E-state index contributed by atoms with van der Waals surface area (Å²) in [4.78, 5) is 10.4. The van der Waals surface area contributed by atoms with Crippen LogP contribution in [0.25, 0.3) is 0 Å². The van der Waals surface area contributed by atoms with E-state index >= 15 is 0 Å². The highest BCUT2D eigenvalue weighted by Gasteiger charge is 2.10. The monoisotopic (exact) mass is 376 g/mol. The molecule has 0 aromatic carbocycles. The maximum absolute atomic E-state index is 10.4. The first-order valence-corrected chi connectivity index (χ1v) is 9.21. The number of carbonyl (C=O) groups is 1. The van der Waals surface area contributed by atoms with Gasteiger partial charge in [0.15, 0.2) is 0 Å². The predicted molar refractivity (Wildman–Crippen MR) is 109 cm³/mol. The third-order valence-corrected chi connectivity index (χ3v) is 3.44. The van der Waals surface area contributed by atoms with E-state index in [9.17, 15) is 20.1 Å². The van der Waals surface area contributed by atoms with Gasteiger partial charge in [-0.05, 0) is 25.7 Å². The second-order valence-corrected chi connectivity index (χ2v) is 5.92. The van der Waals surface area contributed by atoms with E-state index in [1.807, 2.05) is 19.1 Å². The molecule has 0 fully saturated rings. The Balaban J connectivity index is 4.06. The molecule has 27 heavy (non-hydrogen) atoms. The highest BCUT2D eigenvalue weighted by Crippen LogP contribution is 2.03. The van der Waals surface area contributed by atoms with Gasteiger partial charge in [0, 0.05) is 6.42 Å². The van der Waals surface area contributed by atoms with Gasteiger partial charge in [-0.2, -0.15) is 0 Å². The Bertz CT molecular complexity index is 555. The Morgan fingerprint density at radius 1 is 0.815 bits per heavy atom. The molecule has 0 rings (SSSR count). The Hall–Kier alpha value is -2.21. The number of hydrogen-bond donors (Lipinski definition) is 4. The van der Waals surface area contributed by atoms with Crippen LogP contribution in [-0.2, 0) is 4.79 Å². The molecule has 5 heteroatoms. The minimum Gasteiger partial charge on any atom is -0.481 e. The number of aliphatic carboxylic acids is 1. The first-order chi connectivity index (χ1) is 13.0. The van der Waals surface area contributed by atoms with E-state index in [0.29, 0.717) is 12.8 Å². The third kappa shape index (κ3) is 17.0. The van der Waals surface area contributed by atoms with Crippen molar-refractivity contribution >= 4 is 5.97 Å². The summed E-state index contributed by atoms with van der Waals surface area (Å²) in [6, 6.07) is 0. The lowest BCUT2D eigenvalue weighted by Gasteiger charge is -2.11. The summed E-state index contributed by atoms with van der Waals surface area (Å²) in [6.07, 6.45) is 20.9.